The van der Waals surface area contributed by atoms with E-state index in [9.17, 15) is 0 Å². The molecule has 0 spiro atoms. The van der Waals surface area contributed by atoms with Gasteiger partial charge < -0.3 is 2.85 Å². The van der Waals surface area contributed by atoms with Gasteiger partial charge in [-0.3, -0.25) is 0 Å². The Morgan fingerprint density at radius 1 is 1.40 bits per heavy atom. The minimum absolute atomic E-state index is 0. The maximum Gasteiger partial charge on any atom is 2.00 e. The molecule has 0 bridgehead atoms. The van der Waals surface area contributed by atoms with Crippen molar-refractivity contribution in [2.45, 2.75) is 0 Å². The second-order valence-corrected chi connectivity index (χ2v) is 2.13. The second-order valence-electron chi connectivity index (χ2n) is 1.73. The third-order valence-electron chi connectivity index (χ3n) is 1.13. The number of hydrogen-bond donors (Lipinski definition) is 0. The van der Waals surface area contributed by atoms with Crippen molar-refractivity contribution >= 4 is 40.7 Å². The summed E-state index contributed by atoms with van der Waals surface area (Å²) in [6.45, 7) is 3.61. The molecule has 1 aromatic carbocycles. The molecule has 0 amide bonds. The van der Waals surface area contributed by atoms with Crippen LogP contribution in [0.1, 0.15) is 8.42 Å². The summed E-state index contributed by atoms with van der Waals surface area (Å²) in [5.41, 5.74) is 0.985. The molecule has 0 fully saturated rings. The van der Waals surface area contributed by atoms with E-state index in [1.807, 2.05) is 24.3 Å². The van der Waals surface area contributed by atoms with Crippen LogP contribution in [0.25, 0.3) is 6.08 Å². The van der Waals surface area contributed by atoms with Gasteiger partial charge in [0.1, 0.15) is 0 Å². The standard InChI is InChI=1S/C8H7Cl.Mg.2H/c1-2-7-5-3-4-6-8(7)9;;;/h2-6H,1H2;;;/q;+2;2*-1. The summed E-state index contributed by atoms with van der Waals surface area (Å²) < 4.78 is 0. The van der Waals surface area contributed by atoms with Crippen LogP contribution in [0, 0.1) is 0 Å². The molecule has 2 heteroatoms. The van der Waals surface area contributed by atoms with Crippen LogP contribution >= 0.6 is 11.6 Å². The normalized spacial score (nSPS) is 8.10. The molecule has 50 valence electrons. The van der Waals surface area contributed by atoms with Crippen LogP contribution in [0.5, 0.6) is 0 Å². The summed E-state index contributed by atoms with van der Waals surface area (Å²) in [6.07, 6.45) is 1.74. The topological polar surface area (TPSA) is 0 Å². The van der Waals surface area contributed by atoms with Crippen molar-refractivity contribution < 1.29 is 2.85 Å². The molecular formula is C8H9ClMg. The van der Waals surface area contributed by atoms with Crippen molar-refractivity contribution in [1.29, 1.82) is 0 Å². The Morgan fingerprint density at radius 3 is 2.40 bits per heavy atom. The van der Waals surface area contributed by atoms with E-state index in [1.165, 1.54) is 0 Å². The first-order valence-electron chi connectivity index (χ1n) is 2.71. The van der Waals surface area contributed by atoms with Crippen LogP contribution in [0.3, 0.4) is 0 Å². The van der Waals surface area contributed by atoms with Gasteiger partial charge in [-0.1, -0.05) is 42.5 Å². The van der Waals surface area contributed by atoms with E-state index < -0.39 is 0 Å². The van der Waals surface area contributed by atoms with E-state index in [1.54, 1.807) is 6.08 Å². The van der Waals surface area contributed by atoms with Gasteiger partial charge in [0.25, 0.3) is 0 Å². The molecule has 0 aliphatic heterocycles. The first kappa shape index (κ1) is 10.0. The molecule has 0 atom stereocenters. The second kappa shape index (κ2) is 4.77. The molecule has 0 heterocycles. The van der Waals surface area contributed by atoms with E-state index in [4.69, 9.17) is 11.6 Å². The third-order valence-corrected chi connectivity index (χ3v) is 1.47. The third kappa shape index (κ3) is 2.33. The van der Waals surface area contributed by atoms with Crippen LogP contribution in [0.15, 0.2) is 30.8 Å². The van der Waals surface area contributed by atoms with E-state index >= 15 is 0 Å². The molecule has 0 aromatic heterocycles. The van der Waals surface area contributed by atoms with Crippen LogP contribution in [0.2, 0.25) is 5.02 Å². The Hall–Kier alpha value is 0.0162. The number of rotatable bonds is 1. The average molecular weight is 165 g/mol. The fraction of sp³-hybridized carbons (Fsp3) is 0. The van der Waals surface area contributed by atoms with Gasteiger partial charge in [-0.25, -0.2) is 0 Å². The van der Waals surface area contributed by atoms with Crippen molar-refractivity contribution in [3.05, 3.63) is 41.4 Å². The Kier molecular flexibility index (Phi) is 4.78. The molecule has 10 heavy (non-hydrogen) atoms. The summed E-state index contributed by atoms with van der Waals surface area (Å²) in [4.78, 5) is 0. The Labute approximate surface area is 85.0 Å². The Bertz CT molecular complexity index is 228. The van der Waals surface area contributed by atoms with Crippen molar-refractivity contribution in [3.63, 3.8) is 0 Å². The van der Waals surface area contributed by atoms with Gasteiger partial charge in [0.15, 0.2) is 0 Å². The van der Waals surface area contributed by atoms with Crippen LogP contribution in [-0.2, 0) is 0 Å². The van der Waals surface area contributed by atoms with Crippen molar-refractivity contribution in [2.75, 3.05) is 0 Å². The Balaban J connectivity index is -0.000000270. The smallest absolute Gasteiger partial charge is 1.00 e. The van der Waals surface area contributed by atoms with Crippen molar-refractivity contribution in [2.24, 2.45) is 0 Å². The fourth-order valence-electron chi connectivity index (χ4n) is 0.641. The van der Waals surface area contributed by atoms with Crippen molar-refractivity contribution in [1.82, 2.24) is 0 Å². The summed E-state index contributed by atoms with van der Waals surface area (Å²) >= 11 is 5.75. The predicted molar refractivity (Wildman–Crippen MR) is 49.5 cm³/mol. The van der Waals surface area contributed by atoms with E-state index in [-0.39, 0.29) is 25.9 Å². The molecule has 0 saturated heterocycles. The molecule has 0 aliphatic carbocycles. The Morgan fingerprint density at radius 2 is 2.00 bits per heavy atom. The van der Waals surface area contributed by atoms with E-state index in [0.29, 0.717) is 0 Å². The van der Waals surface area contributed by atoms with Crippen LogP contribution in [-0.4, -0.2) is 23.1 Å². The van der Waals surface area contributed by atoms with Crippen molar-refractivity contribution in [3.8, 4) is 0 Å². The van der Waals surface area contributed by atoms with E-state index in [2.05, 4.69) is 6.58 Å². The molecule has 0 saturated carbocycles. The molecule has 0 nitrogen and oxygen atoms in total. The number of benzene rings is 1. The fourth-order valence-corrected chi connectivity index (χ4v) is 0.854. The van der Waals surface area contributed by atoms with E-state index in [0.717, 1.165) is 10.6 Å². The first-order chi connectivity index (χ1) is 4.34. The van der Waals surface area contributed by atoms with Gasteiger partial charge in [-0.15, -0.1) is 0 Å². The molecule has 1 aromatic rings. The zero-order valence-electron chi connectivity index (χ0n) is 7.68. The number of halogens is 1. The summed E-state index contributed by atoms with van der Waals surface area (Å²) in [7, 11) is 0. The average Bonchev–Trinajstić information content (AvgIpc) is 1.89. The minimum Gasteiger partial charge on any atom is -1.00 e. The largest absolute Gasteiger partial charge is 2.00 e. The predicted octanol–water partition coefficient (Wildman–Crippen LogP) is 2.83. The van der Waals surface area contributed by atoms with Gasteiger partial charge in [0.05, 0.1) is 0 Å². The zero-order chi connectivity index (χ0) is 6.69. The molecule has 0 aliphatic rings. The monoisotopic (exact) mass is 164 g/mol. The molecule has 0 unspecified atom stereocenters. The molecule has 0 radical (unpaired) electrons. The van der Waals surface area contributed by atoms with Gasteiger partial charge in [0, 0.05) is 5.02 Å². The first-order valence-corrected chi connectivity index (χ1v) is 3.09. The van der Waals surface area contributed by atoms with Crippen LogP contribution < -0.4 is 0 Å². The maximum atomic E-state index is 5.75. The van der Waals surface area contributed by atoms with Gasteiger partial charge in [-0.2, -0.15) is 0 Å². The summed E-state index contributed by atoms with van der Waals surface area (Å²) in [5.74, 6) is 0. The molecule has 1 rings (SSSR count). The summed E-state index contributed by atoms with van der Waals surface area (Å²) in [6, 6.07) is 7.60. The van der Waals surface area contributed by atoms with Gasteiger partial charge in [-0.05, 0) is 11.6 Å². The number of hydrogen-bond acceptors (Lipinski definition) is 0. The maximum absolute atomic E-state index is 5.75. The summed E-state index contributed by atoms with van der Waals surface area (Å²) in [5, 5.41) is 0.757. The molecular weight excluding hydrogens is 156 g/mol. The zero-order valence-corrected chi connectivity index (χ0v) is 7.85. The van der Waals surface area contributed by atoms with Gasteiger partial charge >= 0.3 is 23.1 Å². The van der Waals surface area contributed by atoms with Crippen LogP contribution in [0.4, 0.5) is 0 Å². The molecule has 0 N–H and O–H groups in total. The SMILES string of the molecule is C=Cc1ccccc1Cl.[H-].[H-].[Mg+2]. The minimum atomic E-state index is 0. The quantitative estimate of drug-likeness (QED) is 0.561. The van der Waals surface area contributed by atoms with Gasteiger partial charge in [0.2, 0.25) is 0 Å².